The van der Waals surface area contributed by atoms with Gasteiger partial charge in [0.25, 0.3) is 0 Å². The van der Waals surface area contributed by atoms with Crippen LogP contribution in [0.15, 0.2) is 22.7 Å². The third kappa shape index (κ3) is 3.70. The van der Waals surface area contributed by atoms with Crippen LogP contribution in [0.2, 0.25) is 0 Å². The monoisotopic (exact) mass is 303 g/mol. The van der Waals surface area contributed by atoms with Crippen LogP contribution in [0.4, 0.5) is 10.1 Å². The smallest absolute Gasteiger partial charge is 0.310 e. The number of esters is 1. The number of halogens is 2. The largest absolute Gasteiger partial charge is 0.469 e. The highest BCUT2D eigenvalue weighted by atomic mass is 79.9. The molecule has 0 saturated heterocycles. The van der Waals surface area contributed by atoms with E-state index in [9.17, 15) is 9.18 Å². The van der Waals surface area contributed by atoms with Crippen LogP contribution >= 0.6 is 15.9 Å². The average Bonchev–Trinajstić information content (AvgIpc) is 2.31. The van der Waals surface area contributed by atoms with Gasteiger partial charge in [-0.25, -0.2) is 4.39 Å². The van der Waals surface area contributed by atoms with Crippen LogP contribution in [0.1, 0.15) is 13.8 Å². The predicted molar refractivity (Wildman–Crippen MR) is 68.4 cm³/mol. The van der Waals surface area contributed by atoms with E-state index in [4.69, 9.17) is 0 Å². The average molecular weight is 304 g/mol. The molecule has 3 nitrogen and oxygen atoms in total. The Hall–Kier alpha value is -1.10. The number of hydrogen-bond acceptors (Lipinski definition) is 3. The molecular weight excluding hydrogens is 289 g/mol. The summed E-state index contributed by atoms with van der Waals surface area (Å²) in [7, 11) is 1.36. The van der Waals surface area contributed by atoms with Crippen LogP contribution in [-0.2, 0) is 9.53 Å². The molecule has 2 unspecified atom stereocenters. The van der Waals surface area contributed by atoms with Crippen LogP contribution in [0.25, 0.3) is 0 Å². The van der Waals surface area contributed by atoms with Crippen LogP contribution < -0.4 is 5.32 Å². The predicted octanol–water partition coefficient (Wildman–Crippen LogP) is 3.20. The van der Waals surface area contributed by atoms with E-state index in [0.717, 1.165) is 5.69 Å². The van der Waals surface area contributed by atoms with Gasteiger partial charge in [-0.05, 0) is 48.0 Å². The lowest BCUT2D eigenvalue weighted by atomic mass is 10.0. The molecule has 1 rings (SSSR count). The molecule has 17 heavy (non-hydrogen) atoms. The van der Waals surface area contributed by atoms with Crippen molar-refractivity contribution in [2.75, 3.05) is 12.4 Å². The Kier molecular flexibility index (Phi) is 4.93. The summed E-state index contributed by atoms with van der Waals surface area (Å²) in [6, 6.07) is 4.53. The fourth-order valence-corrected chi connectivity index (χ4v) is 1.74. The molecule has 2 atom stereocenters. The molecular formula is C12H15BrFNO2. The highest BCUT2D eigenvalue weighted by Gasteiger charge is 2.20. The van der Waals surface area contributed by atoms with Crippen molar-refractivity contribution in [3.05, 3.63) is 28.5 Å². The standard InChI is InChI=1S/C12H15BrFNO2/c1-7(12(16)17-3)8(2)15-9-4-5-11(14)10(13)6-9/h4-8,15H,1-3H3. The molecule has 0 heterocycles. The van der Waals surface area contributed by atoms with E-state index in [-0.39, 0.29) is 23.7 Å². The summed E-state index contributed by atoms with van der Waals surface area (Å²) < 4.78 is 18.1. The first-order chi connectivity index (χ1) is 7.95. The van der Waals surface area contributed by atoms with Gasteiger partial charge in [0.15, 0.2) is 0 Å². The van der Waals surface area contributed by atoms with E-state index in [1.54, 1.807) is 19.1 Å². The molecule has 1 aromatic carbocycles. The summed E-state index contributed by atoms with van der Waals surface area (Å²) in [5.41, 5.74) is 0.751. The van der Waals surface area contributed by atoms with Crippen molar-refractivity contribution in [3.63, 3.8) is 0 Å². The molecule has 0 bridgehead atoms. The first kappa shape index (κ1) is 14.0. The second-order valence-electron chi connectivity index (χ2n) is 3.87. The van der Waals surface area contributed by atoms with Crippen molar-refractivity contribution in [3.8, 4) is 0 Å². The molecule has 0 aromatic heterocycles. The number of ether oxygens (including phenoxy) is 1. The van der Waals surface area contributed by atoms with E-state index in [2.05, 4.69) is 26.0 Å². The maximum Gasteiger partial charge on any atom is 0.310 e. The zero-order valence-corrected chi connectivity index (χ0v) is 11.5. The number of methoxy groups -OCH3 is 1. The molecule has 1 aromatic rings. The van der Waals surface area contributed by atoms with Crippen LogP contribution in [-0.4, -0.2) is 19.1 Å². The quantitative estimate of drug-likeness (QED) is 0.868. The lowest BCUT2D eigenvalue weighted by molar-refractivity contribution is -0.145. The Morgan fingerprint density at radius 2 is 2.12 bits per heavy atom. The van der Waals surface area contributed by atoms with Crippen molar-refractivity contribution in [2.24, 2.45) is 5.92 Å². The molecule has 5 heteroatoms. The number of anilines is 1. The van der Waals surface area contributed by atoms with Gasteiger partial charge < -0.3 is 10.1 Å². The Labute approximate surface area is 108 Å². The summed E-state index contributed by atoms with van der Waals surface area (Å²) in [5, 5.41) is 3.13. The Morgan fingerprint density at radius 1 is 1.47 bits per heavy atom. The van der Waals surface area contributed by atoms with Gasteiger partial charge >= 0.3 is 5.97 Å². The van der Waals surface area contributed by atoms with Gasteiger partial charge in [0.1, 0.15) is 5.82 Å². The fourth-order valence-electron chi connectivity index (χ4n) is 1.36. The van der Waals surface area contributed by atoms with Gasteiger partial charge in [-0.2, -0.15) is 0 Å². The lowest BCUT2D eigenvalue weighted by Gasteiger charge is -2.20. The Morgan fingerprint density at radius 3 is 2.65 bits per heavy atom. The zero-order valence-electron chi connectivity index (χ0n) is 9.96. The number of carbonyl (C=O) groups is 1. The lowest BCUT2D eigenvalue weighted by Crippen LogP contribution is -2.30. The van der Waals surface area contributed by atoms with Gasteiger partial charge in [-0.15, -0.1) is 0 Å². The first-order valence-electron chi connectivity index (χ1n) is 5.25. The third-order valence-corrected chi connectivity index (χ3v) is 3.24. The molecule has 0 fully saturated rings. The molecule has 0 amide bonds. The fraction of sp³-hybridized carbons (Fsp3) is 0.417. The van der Waals surface area contributed by atoms with E-state index >= 15 is 0 Å². The van der Waals surface area contributed by atoms with Crippen LogP contribution in [0, 0.1) is 11.7 Å². The zero-order chi connectivity index (χ0) is 13.0. The highest BCUT2D eigenvalue weighted by molar-refractivity contribution is 9.10. The van der Waals surface area contributed by atoms with Gasteiger partial charge in [0, 0.05) is 11.7 Å². The Bertz CT molecular complexity index is 411. The minimum Gasteiger partial charge on any atom is -0.469 e. The van der Waals surface area contributed by atoms with Crippen LogP contribution in [0.5, 0.6) is 0 Å². The van der Waals surface area contributed by atoms with Gasteiger partial charge in [0.05, 0.1) is 17.5 Å². The summed E-state index contributed by atoms with van der Waals surface area (Å²) in [5.74, 6) is -0.862. The van der Waals surface area contributed by atoms with Crippen molar-refractivity contribution in [2.45, 2.75) is 19.9 Å². The van der Waals surface area contributed by atoms with Gasteiger partial charge in [-0.1, -0.05) is 0 Å². The van der Waals surface area contributed by atoms with Crippen molar-refractivity contribution in [1.82, 2.24) is 0 Å². The summed E-state index contributed by atoms with van der Waals surface area (Å²) in [6.07, 6.45) is 0. The summed E-state index contributed by atoms with van der Waals surface area (Å²) in [4.78, 5) is 11.3. The minimum atomic E-state index is -0.316. The highest BCUT2D eigenvalue weighted by Crippen LogP contribution is 2.21. The Balaban J connectivity index is 2.70. The molecule has 0 aliphatic rings. The molecule has 0 aliphatic carbocycles. The third-order valence-electron chi connectivity index (χ3n) is 2.64. The number of benzene rings is 1. The molecule has 0 spiro atoms. The van der Waals surface area contributed by atoms with Crippen molar-refractivity contribution >= 4 is 27.6 Å². The number of carbonyl (C=O) groups excluding carboxylic acids is 1. The number of nitrogens with one attached hydrogen (secondary N) is 1. The second kappa shape index (κ2) is 6.00. The van der Waals surface area contributed by atoms with E-state index in [0.29, 0.717) is 4.47 Å². The molecule has 94 valence electrons. The SMILES string of the molecule is COC(=O)C(C)C(C)Nc1ccc(F)c(Br)c1. The molecule has 0 saturated carbocycles. The number of rotatable bonds is 4. The molecule has 1 N–H and O–H groups in total. The number of hydrogen-bond donors (Lipinski definition) is 1. The second-order valence-corrected chi connectivity index (χ2v) is 4.73. The summed E-state index contributed by atoms with van der Waals surface area (Å²) >= 11 is 3.11. The minimum absolute atomic E-state index is 0.0974. The molecule has 0 aliphatic heterocycles. The van der Waals surface area contributed by atoms with Gasteiger partial charge in [0.2, 0.25) is 0 Å². The topological polar surface area (TPSA) is 38.3 Å². The van der Waals surface area contributed by atoms with E-state index < -0.39 is 0 Å². The molecule has 0 radical (unpaired) electrons. The van der Waals surface area contributed by atoms with Crippen molar-refractivity contribution in [1.29, 1.82) is 0 Å². The maximum atomic E-state index is 13.0. The van der Waals surface area contributed by atoms with E-state index in [1.165, 1.54) is 13.2 Å². The van der Waals surface area contributed by atoms with Crippen LogP contribution in [0.3, 0.4) is 0 Å². The first-order valence-corrected chi connectivity index (χ1v) is 6.04. The maximum absolute atomic E-state index is 13.0. The van der Waals surface area contributed by atoms with Gasteiger partial charge in [-0.3, -0.25) is 4.79 Å². The van der Waals surface area contributed by atoms with Crippen molar-refractivity contribution < 1.29 is 13.9 Å². The summed E-state index contributed by atoms with van der Waals surface area (Å²) in [6.45, 7) is 3.65. The van der Waals surface area contributed by atoms with E-state index in [1.807, 2.05) is 6.92 Å². The normalized spacial score (nSPS) is 13.9.